The highest BCUT2D eigenvalue weighted by Crippen LogP contribution is 2.26. The van der Waals surface area contributed by atoms with Crippen LogP contribution in [-0.4, -0.2) is 49.1 Å². The zero-order valence-electron chi connectivity index (χ0n) is 17.6. The molecule has 0 radical (unpaired) electrons. The van der Waals surface area contributed by atoms with Crippen molar-refractivity contribution >= 4 is 28.8 Å². The van der Waals surface area contributed by atoms with Gasteiger partial charge in [-0.1, -0.05) is 0 Å². The number of pyridine rings is 2. The molecule has 4 N–H and O–H groups in total. The molecule has 4 rings (SSSR count). The standard InChI is InChI=1S/C23H23N7O2/c1-24-17-12-19(28-21(13-17)25-2)16-11-20(23(32)27-14-16)29-22(31)15-3-5-18(6-4-15)30-9-7-26-8-10-30/h3-6,11-14,26H,7-10H2,2H3,(H,25,28)(H,27,32)(H,29,31). The van der Waals surface area contributed by atoms with E-state index in [4.69, 9.17) is 6.57 Å². The van der Waals surface area contributed by atoms with Crippen molar-refractivity contribution in [2.75, 3.05) is 48.8 Å². The SMILES string of the molecule is [C-]#[N+]c1cc(NC)nc(-c2c[nH]c(=O)c(NC(=O)c3ccc(N4CCNCC4)cc3)c2)c1. The van der Waals surface area contributed by atoms with Gasteiger partial charge in [-0.3, -0.25) is 9.59 Å². The number of anilines is 3. The smallest absolute Gasteiger partial charge is 0.271 e. The maximum absolute atomic E-state index is 12.7. The van der Waals surface area contributed by atoms with Gasteiger partial charge in [0.15, 0.2) is 5.69 Å². The van der Waals surface area contributed by atoms with Gasteiger partial charge < -0.3 is 25.8 Å². The second-order valence-electron chi connectivity index (χ2n) is 7.33. The van der Waals surface area contributed by atoms with E-state index in [9.17, 15) is 9.59 Å². The molecule has 0 atom stereocenters. The summed E-state index contributed by atoms with van der Waals surface area (Å²) >= 11 is 0. The van der Waals surface area contributed by atoms with Gasteiger partial charge in [-0.15, -0.1) is 0 Å². The number of aromatic nitrogens is 2. The van der Waals surface area contributed by atoms with Gasteiger partial charge in [0.1, 0.15) is 11.5 Å². The zero-order valence-corrected chi connectivity index (χ0v) is 17.6. The monoisotopic (exact) mass is 429 g/mol. The first-order chi connectivity index (χ1) is 15.6. The number of nitrogens with one attached hydrogen (secondary N) is 4. The molecule has 1 saturated heterocycles. The van der Waals surface area contributed by atoms with E-state index in [1.807, 2.05) is 12.1 Å². The number of carbonyl (C=O) groups excluding carboxylic acids is 1. The molecular formula is C23H23N7O2. The Balaban J connectivity index is 1.55. The second-order valence-corrected chi connectivity index (χ2v) is 7.33. The predicted molar refractivity (Wildman–Crippen MR) is 126 cm³/mol. The number of hydrogen-bond acceptors (Lipinski definition) is 6. The quantitative estimate of drug-likeness (QED) is 0.465. The first-order valence-electron chi connectivity index (χ1n) is 10.2. The molecule has 3 aromatic rings. The topological polar surface area (TPSA) is 107 Å². The van der Waals surface area contributed by atoms with E-state index in [0.29, 0.717) is 28.3 Å². The van der Waals surface area contributed by atoms with Crippen LogP contribution in [-0.2, 0) is 0 Å². The summed E-state index contributed by atoms with van der Waals surface area (Å²) in [5.41, 5.74) is 2.72. The lowest BCUT2D eigenvalue weighted by molar-refractivity contribution is 0.102. The van der Waals surface area contributed by atoms with Crippen LogP contribution < -0.4 is 26.4 Å². The van der Waals surface area contributed by atoms with E-state index in [-0.39, 0.29) is 11.6 Å². The lowest BCUT2D eigenvalue weighted by Crippen LogP contribution is -2.43. The minimum Gasteiger partial charge on any atom is -0.374 e. The van der Waals surface area contributed by atoms with Gasteiger partial charge >= 0.3 is 0 Å². The van der Waals surface area contributed by atoms with Crippen molar-refractivity contribution in [3.8, 4) is 11.3 Å². The molecule has 9 nitrogen and oxygen atoms in total. The molecule has 9 heteroatoms. The molecule has 1 amide bonds. The fraction of sp³-hybridized carbons (Fsp3) is 0.217. The van der Waals surface area contributed by atoms with Crippen LogP contribution in [0.2, 0.25) is 0 Å². The average molecular weight is 429 g/mol. The number of amides is 1. The summed E-state index contributed by atoms with van der Waals surface area (Å²) in [6, 6.07) is 12.2. The van der Waals surface area contributed by atoms with E-state index in [1.54, 1.807) is 37.4 Å². The molecule has 1 aliphatic heterocycles. The summed E-state index contributed by atoms with van der Waals surface area (Å²) in [5, 5.41) is 8.91. The Morgan fingerprint density at radius 2 is 1.91 bits per heavy atom. The van der Waals surface area contributed by atoms with E-state index in [1.165, 1.54) is 6.20 Å². The summed E-state index contributed by atoms with van der Waals surface area (Å²) in [5.74, 6) is 0.160. The van der Waals surface area contributed by atoms with Crippen molar-refractivity contribution < 1.29 is 4.79 Å². The third kappa shape index (κ3) is 4.61. The summed E-state index contributed by atoms with van der Waals surface area (Å²) in [6.45, 7) is 11.0. The highest BCUT2D eigenvalue weighted by Gasteiger charge is 2.14. The van der Waals surface area contributed by atoms with Gasteiger partial charge in [-0.2, -0.15) is 0 Å². The molecule has 162 valence electrons. The van der Waals surface area contributed by atoms with Crippen molar-refractivity contribution in [2.24, 2.45) is 0 Å². The Labute approximate surface area is 185 Å². The summed E-state index contributed by atoms with van der Waals surface area (Å²) in [7, 11) is 1.71. The van der Waals surface area contributed by atoms with Crippen LogP contribution in [0.25, 0.3) is 16.1 Å². The van der Waals surface area contributed by atoms with E-state index < -0.39 is 5.56 Å². The first kappa shape index (κ1) is 21.1. The van der Waals surface area contributed by atoms with Crippen molar-refractivity contribution in [1.82, 2.24) is 15.3 Å². The molecule has 0 unspecified atom stereocenters. The van der Waals surface area contributed by atoms with Gasteiger partial charge in [0.05, 0.1) is 12.3 Å². The largest absolute Gasteiger partial charge is 0.374 e. The Hall–Kier alpha value is -4.16. The van der Waals surface area contributed by atoms with Gasteiger partial charge in [0.2, 0.25) is 0 Å². The molecule has 1 aromatic carbocycles. The lowest BCUT2D eigenvalue weighted by atomic mass is 10.1. The molecule has 2 aromatic heterocycles. The van der Waals surface area contributed by atoms with Crippen LogP contribution in [0.5, 0.6) is 0 Å². The first-order valence-corrected chi connectivity index (χ1v) is 10.2. The fourth-order valence-electron chi connectivity index (χ4n) is 3.52. The highest BCUT2D eigenvalue weighted by molar-refractivity contribution is 6.04. The molecule has 1 aliphatic rings. The Morgan fingerprint density at radius 3 is 2.59 bits per heavy atom. The summed E-state index contributed by atoms with van der Waals surface area (Å²) < 4.78 is 0. The van der Waals surface area contributed by atoms with Crippen molar-refractivity contribution in [3.05, 3.63) is 76.0 Å². The number of hydrogen-bond donors (Lipinski definition) is 4. The third-order valence-electron chi connectivity index (χ3n) is 5.25. The van der Waals surface area contributed by atoms with Gasteiger partial charge in [-0.05, 0) is 42.5 Å². The Kier molecular flexibility index (Phi) is 6.14. The average Bonchev–Trinajstić information content (AvgIpc) is 2.85. The third-order valence-corrected chi connectivity index (χ3v) is 5.25. The fourth-order valence-corrected chi connectivity index (χ4v) is 3.52. The number of H-pyrrole nitrogens is 1. The predicted octanol–water partition coefficient (Wildman–Crippen LogP) is 2.69. The Bertz CT molecular complexity index is 1220. The van der Waals surface area contributed by atoms with Gasteiger partial charge in [0.25, 0.3) is 11.5 Å². The zero-order chi connectivity index (χ0) is 22.5. The molecule has 0 spiro atoms. The van der Waals surface area contributed by atoms with Crippen molar-refractivity contribution in [2.45, 2.75) is 0 Å². The van der Waals surface area contributed by atoms with E-state index in [0.717, 1.165) is 31.9 Å². The molecule has 32 heavy (non-hydrogen) atoms. The maximum atomic E-state index is 12.7. The van der Waals surface area contributed by atoms with Crippen LogP contribution in [0.1, 0.15) is 10.4 Å². The van der Waals surface area contributed by atoms with Gasteiger partial charge in [0, 0.05) is 56.2 Å². The molecular weight excluding hydrogens is 406 g/mol. The number of aromatic amines is 1. The molecule has 0 saturated carbocycles. The van der Waals surface area contributed by atoms with Gasteiger partial charge in [-0.25, -0.2) is 9.83 Å². The molecule has 1 fully saturated rings. The molecule has 3 heterocycles. The Morgan fingerprint density at radius 1 is 1.16 bits per heavy atom. The minimum atomic E-state index is -0.422. The minimum absolute atomic E-state index is 0.111. The second kappa shape index (κ2) is 9.32. The number of benzene rings is 1. The normalized spacial score (nSPS) is 13.3. The van der Waals surface area contributed by atoms with Crippen LogP contribution in [0.4, 0.5) is 22.9 Å². The number of nitrogens with zero attached hydrogens (tertiary/aromatic N) is 3. The van der Waals surface area contributed by atoms with Crippen LogP contribution in [0, 0.1) is 6.57 Å². The number of rotatable bonds is 5. The molecule has 0 bridgehead atoms. The van der Waals surface area contributed by atoms with Crippen molar-refractivity contribution in [1.29, 1.82) is 0 Å². The summed E-state index contributed by atoms with van der Waals surface area (Å²) in [4.78, 5) is 37.8. The van der Waals surface area contributed by atoms with E-state index >= 15 is 0 Å². The maximum Gasteiger partial charge on any atom is 0.271 e. The lowest BCUT2D eigenvalue weighted by Gasteiger charge is -2.29. The number of piperazine rings is 1. The molecule has 0 aliphatic carbocycles. The van der Waals surface area contributed by atoms with Crippen LogP contribution in [0.15, 0.2) is 53.5 Å². The van der Waals surface area contributed by atoms with Crippen LogP contribution in [0.3, 0.4) is 0 Å². The number of carbonyl (C=O) groups is 1. The van der Waals surface area contributed by atoms with Crippen LogP contribution >= 0.6 is 0 Å². The highest BCUT2D eigenvalue weighted by atomic mass is 16.2. The van der Waals surface area contributed by atoms with E-state index in [2.05, 4.69) is 35.7 Å². The van der Waals surface area contributed by atoms with Crippen molar-refractivity contribution in [3.63, 3.8) is 0 Å². The summed E-state index contributed by atoms with van der Waals surface area (Å²) in [6.07, 6.45) is 1.51.